The molecule has 0 aromatic rings. The van der Waals surface area contributed by atoms with Crippen LogP contribution in [0.15, 0.2) is 11.6 Å². The minimum absolute atomic E-state index is 0.726. The van der Waals surface area contributed by atoms with Gasteiger partial charge in [0.05, 0.1) is 5.88 Å². The SMILES string of the molecule is O=[C]N1C=CSC1. The molecule has 37 valence electrons. The number of amides is 1. The highest BCUT2D eigenvalue weighted by Crippen LogP contribution is 2.11. The van der Waals surface area contributed by atoms with E-state index in [1.807, 2.05) is 5.41 Å². The van der Waals surface area contributed by atoms with Crippen LogP contribution < -0.4 is 0 Å². The van der Waals surface area contributed by atoms with E-state index in [1.54, 1.807) is 24.4 Å². The van der Waals surface area contributed by atoms with Crippen molar-refractivity contribution in [2.45, 2.75) is 0 Å². The average Bonchev–Trinajstić information content (AvgIpc) is 2.14. The average molecular weight is 114 g/mol. The lowest BCUT2D eigenvalue weighted by Gasteiger charge is -1.97. The highest BCUT2D eigenvalue weighted by Gasteiger charge is 2.00. The van der Waals surface area contributed by atoms with Crippen LogP contribution in [0, 0.1) is 0 Å². The van der Waals surface area contributed by atoms with E-state index in [9.17, 15) is 4.79 Å². The summed E-state index contributed by atoms with van der Waals surface area (Å²) in [5, 5.41) is 1.87. The van der Waals surface area contributed by atoms with Gasteiger partial charge in [-0.1, -0.05) is 0 Å². The highest BCUT2D eigenvalue weighted by atomic mass is 32.2. The molecule has 2 nitrogen and oxygen atoms in total. The third-order valence-corrected chi connectivity index (χ3v) is 1.41. The van der Waals surface area contributed by atoms with Crippen LogP contribution in [0.1, 0.15) is 0 Å². The fraction of sp³-hybridized carbons (Fsp3) is 0.250. The fourth-order valence-corrected chi connectivity index (χ4v) is 0.958. The third-order valence-electron chi connectivity index (χ3n) is 0.668. The molecular formula is C4H4NOS. The molecule has 7 heavy (non-hydrogen) atoms. The molecule has 0 aliphatic carbocycles. The molecule has 3 heteroatoms. The molecule has 1 aliphatic rings. The molecule has 0 saturated heterocycles. The van der Waals surface area contributed by atoms with Gasteiger partial charge in [-0.05, 0) is 5.41 Å². The standard InChI is InChI=1S/C4H4NOS/c6-3-5-1-2-7-4-5/h1-2H,4H2. The number of hydrogen-bond acceptors (Lipinski definition) is 2. The van der Waals surface area contributed by atoms with Gasteiger partial charge in [0.1, 0.15) is 0 Å². The van der Waals surface area contributed by atoms with Crippen molar-refractivity contribution in [3.05, 3.63) is 11.6 Å². The van der Waals surface area contributed by atoms with E-state index in [0.29, 0.717) is 0 Å². The molecule has 1 heterocycles. The molecule has 1 aliphatic heterocycles. The number of carbonyl (C=O) groups excluding carboxylic acids is 1. The van der Waals surface area contributed by atoms with E-state index in [-0.39, 0.29) is 0 Å². The lowest BCUT2D eigenvalue weighted by Crippen LogP contribution is -2.08. The van der Waals surface area contributed by atoms with Crippen molar-refractivity contribution >= 4 is 18.2 Å². The van der Waals surface area contributed by atoms with Crippen LogP contribution in [-0.2, 0) is 4.79 Å². The summed E-state index contributed by atoms with van der Waals surface area (Å²) in [6.07, 6.45) is 3.45. The predicted octanol–water partition coefficient (Wildman–Crippen LogP) is 0.531. The minimum Gasteiger partial charge on any atom is -0.300 e. The first-order chi connectivity index (χ1) is 3.43. The molecule has 0 N–H and O–H groups in total. The van der Waals surface area contributed by atoms with E-state index in [1.165, 1.54) is 4.90 Å². The van der Waals surface area contributed by atoms with Gasteiger partial charge in [-0.3, -0.25) is 4.79 Å². The van der Waals surface area contributed by atoms with Crippen molar-refractivity contribution in [3.8, 4) is 0 Å². The molecule has 1 rings (SSSR count). The lowest BCUT2D eigenvalue weighted by atomic mass is 10.8. The molecule has 0 bridgehead atoms. The van der Waals surface area contributed by atoms with Gasteiger partial charge in [-0.25, -0.2) is 0 Å². The van der Waals surface area contributed by atoms with E-state index in [4.69, 9.17) is 0 Å². The normalized spacial score (nSPS) is 18.0. The van der Waals surface area contributed by atoms with Crippen molar-refractivity contribution in [1.29, 1.82) is 0 Å². The molecule has 0 aromatic heterocycles. The predicted molar refractivity (Wildman–Crippen MR) is 29.1 cm³/mol. The quantitative estimate of drug-likeness (QED) is 0.495. The summed E-state index contributed by atoms with van der Waals surface area (Å²) in [4.78, 5) is 11.2. The summed E-state index contributed by atoms with van der Waals surface area (Å²) in [5.41, 5.74) is 0. The smallest absolute Gasteiger partial charge is 0.300 e. The highest BCUT2D eigenvalue weighted by molar-refractivity contribution is 8.02. The Balaban J connectivity index is 2.42. The Kier molecular flexibility index (Phi) is 1.36. The Morgan fingerprint density at radius 1 is 1.86 bits per heavy atom. The maximum absolute atomic E-state index is 9.74. The topological polar surface area (TPSA) is 20.3 Å². The van der Waals surface area contributed by atoms with E-state index >= 15 is 0 Å². The van der Waals surface area contributed by atoms with Gasteiger partial charge in [0.25, 0.3) is 0 Å². The molecule has 0 atom stereocenters. The Hall–Kier alpha value is -0.440. The van der Waals surface area contributed by atoms with Gasteiger partial charge in [0, 0.05) is 6.20 Å². The van der Waals surface area contributed by atoms with Crippen molar-refractivity contribution in [3.63, 3.8) is 0 Å². The van der Waals surface area contributed by atoms with Crippen LogP contribution in [0.4, 0.5) is 0 Å². The number of thioether (sulfide) groups is 1. The Labute approximate surface area is 46.2 Å². The molecule has 0 spiro atoms. The van der Waals surface area contributed by atoms with Crippen LogP contribution >= 0.6 is 11.8 Å². The summed E-state index contributed by atoms with van der Waals surface area (Å²) in [6.45, 7) is 0. The van der Waals surface area contributed by atoms with Crippen molar-refractivity contribution < 1.29 is 4.79 Å². The largest absolute Gasteiger partial charge is 0.317 e. The molecule has 0 aromatic carbocycles. The van der Waals surface area contributed by atoms with Crippen LogP contribution in [0.2, 0.25) is 0 Å². The summed E-state index contributed by atoms with van der Waals surface area (Å²) in [5.74, 6) is 0.726. The molecule has 1 amide bonds. The van der Waals surface area contributed by atoms with Crippen LogP contribution in [-0.4, -0.2) is 17.2 Å². The van der Waals surface area contributed by atoms with E-state index < -0.39 is 0 Å². The Morgan fingerprint density at radius 3 is 3.00 bits per heavy atom. The zero-order valence-electron chi connectivity index (χ0n) is 3.63. The van der Waals surface area contributed by atoms with Crippen LogP contribution in [0.25, 0.3) is 0 Å². The first-order valence-electron chi connectivity index (χ1n) is 1.86. The van der Waals surface area contributed by atoms with Gasteiger partial charge in [0.15, 0.2) is 0 Å². The maximum atomic E-state index is 9.74. The Morgan fingerprint density at radius 2 is 2.71 bits per heavy atom. The molecule has 0 saturated carbocycles. The van der Waals surface area contributed by atoms with Crippen molar-refractivity contribution in [1.82, 2.24) is 4.90 Å². The van der Waals surface area contributed by atoms with E-state index in [0.717, 1.165) is 5.88 Å². The molecule has 0 fully saturated rings. The maximum Gasteiger partial charge on any atom is 0.317 e. The fourth-order valence-electron chi connectivity index (χ4n) is 0.340. The second-order valence-electron chi connectivity index (χ2n) is 1.14. The number of hydrogen-bond donors (Lipinski definition) is 0. The van der Waals surface area contributed by atoms with Crippen LogP contribution in [0.3, 0.4) is 0 Å². The molecular weight excluding hydrogens is 110 g/mol. The summed E-state index contributed by atoms with van der Waals surface area (Å²) < 4.78 is 0. The van der Waals surface area contributed by atoms with Crippen molar-refractivity contribution in [2.75, 3.05) is 5.88 Å². The Bertz CT molecular complexity index is 102. The van der Waals surface area contributed by atoms with E-state index in [2.05, 4.69) is 0 Å². The first-order valence-corrected chi connectivity index (χ1v) is 2.91. The minimum atomic E-state index is 0.726. The first kappa shape index (κ1) is 4.71. The molecule has 1 radical (unpaired) electrons. The lowest BCUT2D eigenvalue weighted by molar-refractivity contribution is 0.496. The number of nitrogens with zero attached hydrogens (tertiary/aromatic N) is 1. The summed E-state index contributed by atoms with van der Waals surface area (Å²) in [6, 6.07) is 0. The second kappa shape index (κ2) is 2.02. The van der Waals surface area contributed by atoms with Gasteiger partial charge < -0.3 is 4.90 Å². The zero-order chi connectivity index (χ0) is 5.11. The number of rotatable bonds is 1. The summed E-state index contributed by atoms with van der Waals surface area (Å²) in [7, 11) is 0. The second-order valence-corrected chi connectivity index (χ2v) is 2.01. The third kappa shape index (κ3) is 0.962. The zero-order valence-corrected chi connectivity index (χ0v) is 4.44. The summed E-state index contributed by atoms with van der Waals surface area (Å²) >= 11 is 1.59. The van der Waals surface area contributed by atoms with Gasteiger partial charge in [-0.2, -0.15) is 0 Å². The molecule has 0 unspecified atom stereocenters. The van der Waals surface area contributed by atoms with Gasteiger partial charge >= 0.3 is 6.41 Å². The monoisotopic (exact) mass is 114 g/mol. The van der Waals surface area contributed by atoms with Gasteiger partial charge in [0.2, 0.25) is 0 Å². The van der Waals surface area contributed by atoms with Crippen molar-refractivity contribution in [2.24, 2.45) is 0 Å². The van der Waals surface area contributed by atoms with Gasteiger partial charge in [-0.15, -0.1) is 11.8 Å². The van der Waals surface area contributed by atoms with Crippen LogP contribution in [0.5, 0.6) is 0 Å².